The Hall–Kier alpha value is -2.68. The van der Waals surface area contributed by atoms with Gasteiger partial charge < -0.3 is 21.7 Å². The first-order valence-corrected chi connectivity index (χ1v) is 11.8. The third-order valence-electron chi connectivity index (χ3n) is 5.40. The maximum absolute atomic E-state index is 6.49. The summed E-state index contributed by atoms with van der Waals surface area (Å²) in [7, 11) is 0. The summed E-state index contributed by atoms with van der Waals surface area (Å²) in [6, 6.07) is 6.85. The number of halogens is 2. The average Bonchev–Trinajstić information content (AvgIpc) is 2.78. The van der Waals surface area contributed by atoms with E-state index in [-0.39, 0.29) is 5.96 Å². The van der Waals surface area contributed by atoms with Crippen molar-refractivity contribution in [2.75, 3.05) is 31.5 Å². The molecule has 176 valence electrons. The molecule has 8 nitrogen and oxygen atoms in total. The standard InChI is InChI=1S/C23H30Cl2N8/c1-4-33(5-2)11-7-10-28-23-29-13-15-12-16(19-17(24)8-6-9-18(19)25)20(31-21(15)32-23)14(3)30-22(26)27/h6,8-9,12-14H,4-5,7,10-11H2,1-3H3,(H4,26,27,30)(H,28,29,31,32). The molecule has 33 heavy (non-hydrogen) atoms. The van der Waals surface area contributed by atoms with E-state index in [9.17, 15) is 0 Å². The SMILES string of the molecule is CCN(CC)CCCNc1ncc2cc(-c3c(Cl)cccc3Cl)c(C(C)N=C(N)N)nc2n1. The van der Waals surface area contributed by atoms with Crippen LogP contribution in [0, 0.1) is 0 Å². The van der Waals surface area contributed by atoms with Gasteiger partial charge >= 0.3 is 0 Å². The normalized spacial score (nSPS) is 12.2. The van der Waals surface area contributed by atoms with Crippen molar-refractivity contribution in [2.24, 2.45) is 16.5 Å². The maximum Gasteiger partial charge on any atom is 0.224 e. The van der Waals surface area contributed by atoms with Crippen LogP contribution in [0.15, 0.2) is 35.5 Å². The largest absolute Gasteiger partial charge is 0.370 e. The quantitative estimate of drug-likeness (QED) is 0.218. The second-order valence-electron chi connectivity index (χ2n) is 7.66. The molecule has 0 amide bonds. The van der Waals surface area contributed by atoms with Crippen molar-refractivity contribution in [3.63, 3.8) is 0 Å². The number of aliphatic imine (C=N–C) groups is 1. The molecule has 0 spiro atoms. The number of nitrogens with two attached hydrogens (primary N) is 2. The lowest BCUT2D eigenvalue weighted by atomic mass is 9.99. The van der Waals surface area contributed by atoms with Gasteiger partial charge in [-0.25, -0.2) is 15.0 Å². The molecule has 5 N–H and O–H groups in total. The summed E-state index contributed by atoms with van der Waals surface area (Å²) in [4.78, 5) is 20.5. The molecule has 0 fully saturated rings. The molecule has 2 heterocycles. The number of guanidine groups is 1. The van der Waals surface area contributed by atoms with E-state index in [0.29, 0.717) is 32.9 Å². The van der Waals surface area contributed by atoms with Crippen molar-refractivity contribution in [3.05, 3.63) is 46.2 Å². The van der Waals surface area contributed by atoms with Crippen LogP contribution in [-0.4, -0.2) is 52.0 Å². The molecule has 0 radical (unpaired) electrons. The monoisotopic (exact) mass is 488 g/mol. The molecule has 3 aromatic rings. The van der Waals surface area contributed by atoms with E-state index in [1.165, 1.54) is 0 Å². The summed E-state index contributed by atoms with van der Waals surface area (Å²) in [6.07, 6.45) is 2.73. The fraction of sp³-hybridized carbons (Fsp3) is 0.391. The van der Waals surface area contributed by atoms with Crippen molar-refractivity contribution in [3.8, 4) is 11.1 Å². The van der Waals surface area contributed by atoms with Crippen molar-refractivity contribution in [1.29, 1.82) is 0 Å². The van der Waals surface area contributed by atoms with E-state index in [0.717, 1.165) is 43.5 Å². The van der Waals surface area contributed by atoms with E-state index in [4.69, 9.17) is 39.7 Å². The molecule has 2 aromatic heterocycles. The molecule has 10 heteroatoms. The molecular formula is C23H30Cl2N8. The van der Waals surface area contributed by atoms with Crippen molar-refractivity contribution >= 4 is 46.1 Å². The second kappa shape index (κ2) is 11.4. The number of benzene rings is 1. The Morgan fingerprint density at radius 1 is 1.15 bits per heavy atom. The van der Waals surface area contributed by atoms with E-state index >= 15 is 0 Å². The van der Waals surface area contributed by atoms with Crippen LogP contribution in [0.25, 0.3) is 22.2 Å². The number of nitrogens with zero attached hydrogens (tertiary/aromatic N) is 5. The maximum atomic E-state index is 6.49. The zero-order valence-corrected chi connectivity index (χ0v) is 20.7. The minimum atomic E-state index is -0.429. The second-order valence-corrected chi connectivity index (χ2v) is 8.48. The molecule has 1 atom stereocenters. The summed E-state index contributed by atoms with van der Waals surface area (Å²) in [6.45, 7) is 10.1. The van der Waals surface area contributed by atoms with Gasteiger partial charge in [0.15, 0.2) is 11.6 Å². The van der Waals surface area contributed by atoms with E-state index in [1.54, 1.807) is 24.4 Å². The van der Waals surface area contributed by atoms with Crippen LogP contribution >= 0.6 is 23.2 Å². The Bertz CT molecular complexity index is 1110. The highest BCUT2D eigenvalue weighted by Gasteiger charge is 2.20. The Morgan fingerprint density at radius 3 is 2.48 bits per heavy atom. The molecule has 0 bridgehead atoms. The predicted octanol–water partition coefficient (Wildman–Crippen LogP) is 4.48. The summed E-state index contributed by atoms with van der Waals surface area (Å²) in [5, 5.41) is 5.06. The first-order valence-electron chi connectivity index (χ1n) is 11.0. The predicted molar refractivity (Wildman–Crippen MR) is 138 cm³/mol. The highest BCUT2D eigenvalue weighted by molar-refractivity contribution is 6.39. The number of aromatic nitrogens is 3. The van der Waals surface area contributed by atoms with Crippen LogP contribution in [0.2, 0.25) is 10.0 Å². The van der Waals surface area contributed by atoms with Crippen molar-refractivity contribution in [2.45, 2.75) is 33.2 Å². The van der Waals surface area contributed by atoms with Crippen LogP contribution in [0.1, 0.15) is 38.9 Å². The van der Waals surface area contributed by atoms with Crippen molar-refractivity contribution in [1.82, 2.24) is 19.9 Å². The number of fused-ring (bicyclic) bond motifs is 1. The van der Waals surface area contributed by atoms with Crippen LogP contribution in [-0.2, 0) is 0 Å². The number of rotatable bonds is 10. The lowest BCUT2D eigenvalue weighted by Crippen LogP contribution is -2.25. The molecule has 0 aliphatic rings. The van der Waals surface area contributed by atoms with Gasteiger partial charge in [0.1, 0.15) is 0 Å². The average molecular weight is 489 g/mol. The lowest BCUT2D eigenvalue weighted by molar-refractivity contribution is 0.303. The van der Waals surface area contributed by atoms with Gasteiger partial charge in [-0.15, -0.1) is 0 Å². The minimum Gasteiger partial charge on any atom is -0.370 e. The summed E-state index contributed by atoms with van der Waals surface area (Å²) in [5.41, 5.74) is 13.8. The Labute approximate surface area is 204 Å². The van der Waals surface area contributed by atoms with Crippen LogP contribution in [0.5, 0.6) is 0 Å². The highest BCUT2D eigenvalue weighted by atomic mass is 35.5. The van der Waals surface area contributed by atoms with Gasteiger partial charge in [-0.05, 0) is 51.2 Å². The van der Waals surface area contributed by atoms with E-state index < -0.39 is 6.04 Å². The van der Waals surface area contributed by atoms with Gasteiger partial charge in [0, 0.05) is 39.3 Å². The summed E-state index contributed by atoms with van der Waals surface area (Å²) >= 11 is 13.0. The molecule has 3 rings (SSSR count). The Balaban J connectivity index is 1.97. The molecule has 0 aliphatic heterocycles. The molecular weight excluding hydrogens is 459 g/mol. The minimum absolute atomic E-state index is 0.0288. The van der Waals surface area contributed by atoms with Gasteiger partial charge in [-0.2, -0.15) is 4.98 Å². The number of pyridine rings is 1. The van der Waals surface area contributed by atoms with Crippen LogP contribution in [0.3, 0.4) is 0 Å². The lowest BCUT2D eigenvalue weighted by Gasteiger charge is -2.18. The molecule has 0 aliphatic carbocycles. The Morgan fingerprint density at radius 2 is 1.85 bits per heavy atom. The zero-order chi connectivity index (χ0) is 24.0. The van der Waals surface area contributed by atoms with Crippen molar-refractivity contribution < 1.29 is 0 Å². The van der Waals surface area contributed by atoms with E-state index in [1.807, 2.05) is 13.0 Å². The summed E-state index contributed by atoms with van der Waals surface area (Å²) < 4.78 is 0. The molecule has 0 saturated heterocycles. The fourth-order valence-corrected chi connectivity index (χ4v) is 4.26. The van der Waals surface area contributed by atoms with E-state index in [2.05, 4.69) is 39.0 Å². The zero-order valence-electron chi connectivity index (χ0n) is 19.1. The first-order chi connectivity index (χ1) is 15.8. The third kappa shape index (κ3) is 6.22. The fourth-order valence-electron chi connectivity index (χ4n) is 3.66. The van der Waals surface area contributed by atoms with Crippen LogP contribution < -0.4 is 16.8 Å². The number of nitrogens with one attached hydrogen (secondary N) is 1. The first kappa shape index (κ1) is 25.0. The number of anilines is 1. The van der Waals surface area contributed by atoms with Gasteiger partial charge in [0.05, 0.1) is 11.7 Å². The summed E-state index contributed by atoms with van der Waals surface area (Å²) in [5.74, 6) is 0.498. The molecule has 0 saturated carbocycles. The molecule has 1 aromatic carbocycles. The number of hydrogen-bond donors (Lipinski definition) is 3. The van der Waals surface area contributed by atoms with Gasteiger partial charge in [-0.1, -0.05) is 43.1 Å². The Kier molecular flexibility index (Phi) is 8.66. The number of hydrogen-bond acceptors (Lipinski definition) is 6. The third-order valence-corrected chi connectivity index (χ3v) is 6.03. The molecule has 1 unspecified atom stereocenters. The van der Waals surface area contributed by atoms with Gasteiger partial charge in [0.25, 0.3) is 0 Å². The smallest absolute Gasteiger partial charge is 0.224 e. The van der Waals surface area contributed by atoms with Gasteiger partial charge in [0.2, 0.25) is 5.95 Å². The van der Waals surface area contributed by atoms with Crippen LogP contribution in [0.4, 0.5) is 5.95 Å². The highest BCUT2D eigenvalue weighted by Crippen LogP contribution is 2.39. The van der Waals surface area contributed by atoms with Gasteiger partial charge in [-0.3, -0.25) is 0 Å². The topological polar surface area (TPSA) is 118 Å².